The lowest BCUT2D eigenvalue weighted by Crippen LogP contribution is -2.45. The summed E-state index contributed by atoms with van der Waals surface area (Å²) in [7, 11) is 1.78. The van der Waals surface area contributed by atoms with E-state index in [-0.39, 0.29) is 0 Å². The predicted molar refractivity (Wildman–Crippen MR) is 64.2 cm³/mol. The zero-order valence-corrected chi connectivity index (χ0v) is 10.5. The van der Waals surface area contributed by atoms with Crippen molar-refractivity contribution >= 4 is 0 Å². The summed E-state index contributed by atoms with van der Waals surface area (Å²) >= 11 is 0. The number of methoxy groups -OCH3 is 1. The van der Waals surface area contributed by atoms with Crippen LogP contribution in [0.25, 0.3) is 0 Å². The Morgan fingerprint density at radius 2 is 2.00 bits per heavy atom. The number of ether oxygens (including phenoxy) is 1. The van der Waals surface area contributed by atoms with E-state index in [1.165, 1.54) is 38.9 Å². The summed E-state index contributed by atoms with van der Waals surface area (Å²) in [4.78, 5) is 2.55. The van der Waals surface area contributed by atoms with Gasteiger partial charge >= 0.3 is 0 Å². The third kappa shape index (κ3) is 5.50. The molecule has 0 bridgehead atoms. The molecule has 1 fully saturated rings. The van der Waals surface area contributed by atoms with E-state index in [9.17, 15) is 0 Å². The molecule has 0 saturated carbocycles. The van der Waals surface area contributed by atoms with Crippen LogP contribution in [0.2, 0.25) is 0 Å². The van der Waals surface area contributed by atoms with Crippen molar-refractivity contribution < 1.29 is 4.74 Å². The minimum atomic E-state index is 0.620. The lowest BCUT2D eigenvalue weighted by Gasteiger charge is -2.33. The Morgan fingerprint density at radius 1 is 1.33 bits per heavy atom. The van der Waals surface area contributed by atoms with Crippen LogP contribution in [0.4, 0.5) is 0 Å². The maximum atomic E-state index is 5.07. The van der Waals surface area contributed by atoms with Crippen molar-refractivity contribution in [1.29, 1.82) is 0 Å². The highest BCUT2D eigenvalue weighted by Gasteiger charge is 2.18. The van der Waals surface area contributed by atoms with Crippen molar-refractivity contribution in [3.63, 3.8) is 0 Å². The van der Waals surface area contributed by atoms with E-state index in [2.05, 4.69) is 24.1 Å². The van der Waals surface area contributed by atoms with Crippen molar-refractivity contribution in [3.8, 4) is 0 Å². The minimum absolute atomic E-state index is 0.620. The van der Waals surface area contributed by atoms with Crippen LogP contribution in [0.1, 0.15) is 33.1 Å². The fourth-order valence-electron chi connectivity index (χ4n) is 2.23. The maximum Gasteiger partial charge on any atom is 0.0474 e. The molecule has 0 amide bonds. The van der Waals surface area contributed by atoms with Crippen molar-refractivity contribution in [2.24, 2.45) is 0 Å². The summed E-state index contributed by atoms with van der Waals surface area (Å²) in [6.45, 7) is 9.03. The molecule has 1 heterocycles. The van der Waals surface area contributed by atoms with Gasteiger partial charge in [-0.2, -0.15) is 0 Å². The number of likely N-dealkylation sites (tertiary alicyclic amines) is 1. The van der Waals surface area contributed by atoms with Crippen molar-refractivity contribution in [2.45, 2.75) is 45.2 Å². The summed E-state index contributed by atoms with van der Waals surface area (Å²) in [5.74, 6) is 0. The monoisotopic (exact) mass is 214 g/mol. The Hall–Kier alpha value is -0.120. The zero-order chi connectivity index (χ0) is 11.1. The molecule has 1 aliphatic rings. The molecule has 3 heteroatoms. The van der Waals surface area contributed by atoms with Crippen LogP contribution in [-0.2, 0) is 4.74 Å². The van der Waals surface area contributed by atoms with Gasteiger partial charge in [0.05, 0.1) is 0 Å². The van der Waals surface area contributed by atoms with Crippen LogP contribution in [0.15, 0.2) is 0 Å². The van der Waals surface area contributed by atoms with Gasteiger partial charge in [-0.25, -0.2) is 0 Å². The minimum Gasteiger partial charge on any atom is -0.385 e. The van der Waals surface area contributed by atoms with Crippen molar-refractivity contribution in [2.75, 3.05) is 33.4 Å². The fraction of sp³-hybridized carbons (Fsp3) is 1.00. The second-order valence-electron chi connectivity index (χ2n) is 4.78. The van der Waals surface area contributed by atoms with Gasteiger partial charge in [-0.15, -0.1) is 0 Å². The largest absolute Gasteiger partial charge is 0.385 e. The summed E-state index contributed by atoms with van der Waals surface area (Å²) in [6, 6.07) is 1.36. The molecule has 0 unspecified atom stereocenters. The summed E-state index contributed by atoms with van der Waals surface area (Å²) in [5.41, 5.74) is 0. The van der Waals surface area contributed by atoms with Crippen LogP contribution in [0.5, 0.6) is 0 Å². The van der Waals surface area contributed by atoms with Crippen LogP contribution in [-0.4, -0.2) is 50.3 Å². The molecule has 0 spiro atoms. The van der Waals surface area contributed by atoms with Gasteiger partial charge in [0, 0.05) is 32.3 Å². The smallest absolute Gasteiger partial charge is 0.0474 e. The van der Waals surface area contributed by atoms with Gasteiger partial charge in [-0.3, -0.25) is 0 Å². The normalized spacial score (nSPS) is 20.0. The quantitative estimate of drug-likeness (QED) is 0.678. The van der Waals surface area contributed by atoms with E-state index in [1.54, 1.807) is 7.11 Å². The van der Waals surface area contributed by atoms with Gasteiger partial charge in [0.25, 0.3) is 0 Å². The van der Waals surface area contributed by atoms with Gasteiger partial charge < -0.3 is 15.0 Å². The molecular formula is C12H26N2O. The molecule has 3 nitrogen and oxygen atoms in total. The highest BCUT2D eigenvalue weighted by Crippen LogP contribution is 2.11. The molecule has 0 radical (unpaired) electrons. The molecule has 1 aliphatic heterocycles. The number of rotatable bonds is 6. The average Bonchev–Trinajstić information content (AvgIpc) is 2.20. The van der Waals surface area contributed by atoms with E-state index >= 15 is 0 Å². The molecule has 1 N–H and O–H groups in total. The number of nitrogens with zero attached hydrogens (tertiary/aromatic N) is 1. The molecule has 1 saturated heterocycles. The number of hydrogen-bond donors (Lipinski definition) is 1. The predicted octanol–water partition coefficient (Wildman–Crippen LogP) is 1.49. The van der Waals surface area contributed by atoms with Gasteiger partial charge in [-0.05, 0) is 32.4 Å². The fourth-order valence-corrected chi connectivity index (χ4v) is 2.23. The number of nitrogens with one attached hydrogen (secondary N) is 1. The molecule has 0 aromatic carbocycles. The average molecular weight is 214 g/mol. The van der Waals surface area contributed by atoms with Gasteiger partial charge in [0.2, 0.25) is 0 Å². The Kier molecular flexibility index (Phi) is 6.22. The summed E-state index contributed by atoms with van der Waals surface area (Å²) < 4.78 is 5.07. The van der Waals surface area contributed by atoms with Crippen LogP contribution in [0, 0.1) is 0 Å². The van der Waals surface area contributed by atoms with Crippen LogP contribution >= 0.6 is 0 Å². The Morgan fingerprint density at radius 3 is 2.53 bits per heavy atom. The van der Waals surface area contributed by atoms with E-state index in [4.69, 9.17) is 4.74 Å². The highest BCUT2D eigenvalue weighted by atomic mass is 16.5. The molecule has 1 rings (SSSR count). The Bertz CT molecular complexity index is 154. The maximum absolute atomic E-state index is 5.07. The Labute approximate surface area is 94.2 Å². The van der Waals surface area contributed by atoms with E-state index in [0.717, 1.165) is 12.6 Å². The highest BCUT2D eigenvalue weighted by molar-refractivity contribution is 4.78. The summed E-state index contributed by atoms with van der Waals surface area (Å²) in [6.07, 6.45) is 3.76. The van der Waals surface area contributed by atoms with E-state index < -0.39 is 0 Å². The standard InChI is InChI=1S/C12H26N2O/c1-11(2)13-12-5-8-14(9-6-12)7-4-10-15-3/h11-13H,4-10H2,1-3H3. The second kappa shape index (κ2) is 7.20. The molecule has 15 heavy (non-hydrogen) atoms. The second-order valence-corrected chi connectivity index (χ2v) is 4.78. The van der Waals surface area contributed by atoms with Crippen molar-refractivity contribution in [3.05, 3.63) is 0 Å². The van der Waals surface area contributed by atoms with Gasteiger partial charge in [0.15, 0.2) is 0 Å². The van der Waals surface area contributed by atoms with Gasteiger partial charge in [0.1, 0.15) is 0 Å². The van der Waals surface area contributed by atoms with Gasteiger partial charge in [-0.1, -0.05) is 13.8 Å². The van der Waals surface area contributed by atoms with E-state index in [1.807, 2.05) is 0 Å². The Balaban J connectivity index is 2.07. The first kappa shape index (κ1) is 12.9. The lowest BCUT2D eigenvalue weighted by molar-refractivity contribution is 0.151. The van der Waals surface area contributed by atoms with Crippen LogP contribution < -0.4 is 5.32 Å². The molecular weight excluding hydrogens is 188 g/mol. The first-order chi connectivity index (χ1) is 7.22. The SMILES string of the molecule is COCCCN1CCC(NC(C)C)CC1. The summed E-state index contributed by atoms with van der Waals surface area (Å²) in [5, 5.41) is 3.62. The number of piperidine rings is 1. The zero-order valence-electron chi connectivity index (χ0n) is 10.5. The first-order valence-corrected chi connectivity index (χ1v) is 6.19. The van der Waals surface area contributed by atoms with E-state index in [0.29, 0.717) is 6.04 Å². The van der Waals surface area contributed by atoms with Crippen molar-refractivity contribution in [1.82, 2.24) is 10.2 Å². The third-order valence-electron chi connectivity index (χ3n) is 2.98. The molecule has 0 aliphatic carbocycles. The molecule has 0 atom stereocenters. The lowest BCUT2D eigenvalue weighted by atomic mass is 10.0. The first-order valence-electron chi connectivity index (χ1n) is 6.19. The third-order valence-corrected chi connectivity index (χ3v) is 2.98. The molecule has 0 aromatic rings. The van der Waals surface area contributed by atoms with Crippen LogP contribution in [0.3, 0.4) is 0 Å². The molecule has 90 valence electrons. The number of hydrogen-bond acceptors (Lipinski definition) is 3. The topological polar surface area (TPSA) is 24.5 Å². The molecule has 0 aromatic heterocycles.